The molecule has 198 valence electrons. The van der Waals surface area contributed by atoms with E-state index in [1.54, 1.807) is 37.6 Å². The fraction of sp³-hybridized carbons (Fsp3) is 0.440. The van der Waals surface area contributed by atoms with Crippen LogP contribution in [-0.4, -0.2) is 52.4 Å². The van der Waals surface area contributed by atoms with Crippen molar-refractivity contribution in [1.29, 1.82) is 0 Å². The van der Waals surface area contributed by atoms with Gasteiger partial charge in [-0.25, -0.2) is 28.6 Å². The number of alkyl carbamates (subject to hydrolysis) is 1. The van der Waals surface area contributed by atoms with Crippen LogP contribution in [0.3, 0.4) is 0 Å². The van der Waals surface area contributed by atoms with Gasteiger partial charge in [0.2, 0.25) is 0 Å². The maximum absolute atomic E-state index is 14.8. The molecular formula is C25H32ClF2N3O4S. The lowest BCUT2D eigenvalue weighted by atomic mass is 10.2. The predicted molar refractivity (Wildman–Crippen MR) is 140 cm³/mol. The van der Waals surface area contributed by atoms with Gasteiger partial charge in [-0.05, 0) is 63.3 Å². The number of hydrogen-bond donors (Lipinski definition) is 1. The van der Waals surface area contributed by atoms with E-state index in [0.717, 1.165) is 17.9 Å². The molecular weight excluding hydrogens is 512 g/mol. The highest BCUT2D eigenvalue weighted by Crippen LogP contribution is 2.36. The summed E-state index contributed by atoms with van der Waals surface area (Å²) in [4.78, 5) is 16.1. The molecule has 3 aromatic rings. The summed E-state index contributed by atoms with van der Waals surface area (Å²) in [5.41, 5.74) is -0.00506. The van der Waals surface area contributed by atoms with Crippen LogP contribution in [0, 0.1) is 11.6 Å². The molecule has 0 unspecified atom stereocenters. The molecule has 0 fully saturated rings. The van der Waals surface area contributed by atoms with Gasteiger partial charge in [0.1, 0.15) is 28.9 Å². The third-order valence-corrected chi connectivity index (χ3v) is 6.42. The van der Waals surface area contributed by atoms with E-state index in [4.69, 9.17) is 25.8 Å². The molecule has 0 radical (unpaired) electrons. The zero-order valence-corrected chi connectivity index (χ0v) is 22.9. The van der Waals surface area contributed by atoms with E-state index in [1.165, 1.54) is 6.07 Å². The van der Waals surface area contributed by atoms with Gasteiger partial charge in [-0.15, -0.1) is 0 Å². The molecule has 2 heterocycles. The van der Waals surface area contributed by atoms with Crippen LogP contribution in [0.2, 0.25) is 5.15 Å². The Labute approximate surface area is 216 Å². The van der Waals surface area contributed by atoms with Gasteiger partial charge in [0, 0.05) is 24.6 Å². The van der Waals surface area contributed by atoms with Crippen molar-refractivity contribution < 1.29 is 27.8 Å². The predicted octanol–water partition coefficient (Wildman–Crippen LogP) is 6.45. The van der Waals surface area contributed by atoms with Gasteiger partial charge in [0.05, 0.1) is 12.0 Å². The normalized spacial score (nSPS) is 12.6. The van der Waals surface area contributed by atoms with Gasteiger partial charge in [-0.2, -0.15) is 0 Å². The van der Waals surface area contributed by atoms with Crippen LogP contribution in [0.5, 0.6) is 11.5 Å². The largest absolute Gasteiger partial charge is 0.450 e. The molecule has 2 aromatic heterocycles. The Hall–Kier alpha value is -2.56. The zero-order valence-electron chi connectivity index (χ0n) is 21.3. The smallest absolute Gasteiger partial charge is 0.407 e. The molecule has 1 amide bonds. The number of aromatic nitrogens is 2. The monoisotopic (exact) mass is 543 g/mol. The first-order valence-corrected chi connectivity index (χ1v) is 14.6. The number of nitrogens with one attached hydrogen (secondary N) is 1. The van der Waals surface area contributed by atoms with Crippen LogP contribution in [0.15, 0.2) is 30.5 Å². The number of pyridine rings is 1. The first kappa shape index (κ1) is 28.0. The summed E-state index contributed by atoms with van der Waals surface area (Å²) in [6.45, 7) is 5.90. The summed E-state index contributed by atoms with van der Waals surface area (Å²) in [5.74, 6) is -1.32. The number of benzene rings is 1. The van der Waals surface area contributed by atoms with Gasteiger partial charge >= 0.3 is 6.09 Å². The number of carbonyl (C=O) groups is 1. The molecule has 3 rings (SSSR count). The lowest BCUT2D eigenvalue weighted by molar-refractivity contribution is 0.0523. The summed E-state index contributed by atoms with van der Waals surface area (Å²) in [6, 6.07) is 5.30. The van der Waals surface area contributed by atoms with Crippen LogP contribution >= 0.6 is 21.6 Å². The number of carbonyl (C=O) groups excluding carboxylic acids is 1. The highest BCUT2D eigenvalue weighted by atomic mass is 35.5. The molecule has 0 bridgehead atoms. The second-order valence-electron chi connectivity index (χ2n) is 10.1. The van der Waals surface area contributed by atoms with Gasteiger partial charge in [0.25, 0.3) is 0 Å². The highest BCUT2D eigenvalue weighted by Gasteiger charge is 2.19. The highest BCUT2D eigenvalue weighted by molar-refractivity contribution is 8.32. The zero-order chi connectivity index (χ0) is 26.7. The number of fused-ring (bicyclic) bond motifs is 1. The molecule has 0 saturated carbocycles. The summed E-state index contributed by atoms with van der Waals surface area (Å²) in [7, 11) is -0.671. The Morgan fingerprint density at radius 2 is 1.83 bits per heavy atom. The molecule has 0 spiro atoms. The van der Waals surface area contributed by atoms with Gasteiger partial charge in [-0.1, -0.05) is 11.6 Å². The topological polar surface area (TPSA) is 74.6 Å². The maximum atomic E-state index is 14.8. The maximum Gasteiger partial charge on any atom is 0.407 e. The van der Waals surface area contributed by atoms with Crippen molar-refractivity contribution in [3.8, 4) is 11.5 Å². The lowest BCUT2D eigenvalue weighted by Crippen LogP contribution is -2.32. The first-order chi connectivity index (χ1) is 16.7. The standard InChI is InChI=1S/C25H32ClF2N3O4S/c1-25(2,3)35-24(32)29-14-16-11-18(27)22(19(28)12-16)34-20-13-21(26)30-23-17(20)7-8-31(23)15-33-9-10-36(4,5)6/h7-8,11-13H,9-10,14-15H2,1-6H3,(H,29,32). The number of ether oxygens (including phenoxy) is 3. The van der Waals surface area contributed by atoms with Crippen molar-refractivity contribution in [3.63, 3.8) is 0 Å². The molecule has 0 aliphatic rings. The Bertz CT molecular complexity index is 1220. The Balaban J connectivity index is 1.75. The number of halogens is 3. The Morgan fingerprint density at radius 1 is 1.17 bits per heavy atom. The fourth-order valence-electron chi connectivity index (χ4n) is 3.17. The van der Waals surface area contributed by atoms with E-state index in [0.29, 0.717) is 17.6 Å². The van der Waals surface area contributed by atoms with Crippen LogP contribution in [0.4, 0.5) is 13.6 Å². The van der Waals surface area contributed by atoms with Crippen LogP contribution < -0.4 is 10.1 Å². The molecule has 7 nitrogen and oxygen atoms in total. The van der Waals surface area contributed by atoms with Gasteiger partial charge in [-0.3, -0.25) is 0 Å². The summed E-state index contributed by atoms with van der Waals surface area (Å²) in [5, 5.41) is 3.10. The summed E-state index contributed by atoms with van der Waals surface area (Å²) < 4.78 is 47.9. The third kappa shape index (κ3) is 7.97. The van der Waals surface area contributed by atoms with E-state index >= 15 is 0 Å². The molecule has 11 heteroatoms. The second-order valence-corrected chi connectivity index (χ2v) is 15.1. The molecule has 1 aromatic carbocycles. The Kier molecular flexibility index (Phi) is 8.74. The van der Waals surface area contributed by atoms with E-state index in [2.05, 4.69) is 29.1 Å². The minimum absolute atomic E-state index is 0.107. The average molecular weight is 544 g/mol. The van der Waals surface area contributed by atoms with Crippen molar-refractivity contribution in [2.75, 3.05) is 31.1 Å². The summed E-state index contributed by atoms with van der Waals surface area (Å²) >= 11 is 6.18. The van der Waals surface area contributed by atoms with Crippen molar-refractivity contribution in [3.05, 3.63) is 52.8 Å². The number of amides is 1. The molecule has 1 N–H and O–H groups in total. The quantitative estimate of drug-likeness (QED) is 0.248. The van der Waals surface area contributed by atoms with E-state index in [-0.39, 0.29) is 29.7 Å². The molecule has 0 atom stereocenters. The first-order valence-electron chi connectivity index (χ1n) is 11.2. The van der Waals surface area contributed by atoms with Crippen molar-refractivity contribution in [2.45, 2.75) is 39.6 Å². The molecule has 0 aliphatic heterocycles. The average Bonchev–Trinajstić information content (AvgIpc) is 3.13. The van der Waals surface area contributed by atoms with Crippen molar-refractivity contribution in [1.82, 2.24) is 14.9 Å². The second kappa shape index (κ2) is 11.2. The molecule has 0 aliphatic carbocycles. The van der Waals surface area contributed by atoms with E-state index in [1.807, 2.05) is 0 Å². The van der Waals surface area contributed by atoms with Crippen LogP contribution in [-0.2, 0) is 22.7 Å². The van der Waals surface area contributed by atoms with Crippen LogP contribution in [0.25, 0.3) is 11.0 Å². The Morgan fingerprint density at radius 3 is 2.44 bits per heavy atom. The van der Waals surface area contributed by atoms with E-state index < -0.39 is 39.1 Å². The molecule has 36 heavy (non-hydrogen) atoms. The van der Waals surface area contributed by atoms with E-state index in [9.17, 15) is 13.6 Å². The lowest BCUT2D eigenvalue weighted by Gasteiger charge is -2.24. The van der Waals surface area contributed by atoms with Crippen molar-refractivity contribution in [2.24, 2.45) is 0 Å². The fourth-order valence-corrected chi connectivity index (χ4v) is 3.97. The van der Waals surface area contributed by atoms with Gasteiger partial charge < -0.3 is 24.1 Å². The van der Waals surface area contributed by atoms with Crippen molar-refractivity contribution >= 4 is 38.8 Å². The third-order valence-electron chi connectivity index (χ3n) is 4.84. The number of hydrogen-bond acceptors (Lipinski definition) is 5. The minimum Gasteiger partial charge on any atom is -0.450 e. The summed E-state index contributed by atoms with van der Waals surface area (Å²) in [6.07, 6.45) is 7.71. The SMILES string of the molecule is CC(C)(C)OC(=O)NCc1cc(F)c(Oc2cc(Cl)nc3c2ccn3COCCS(C)(C)C)c(F)c1. The minimum atomic E-state index is -0.926. The number of rotatable bonds is 9. The van der Waals surface area contributed by atoms with Gasteiger partial charge in [0.15, 0.2) is 17.4 Å². The molecule has 0 saturated heterocycles. The number of nitrogens with zero attached hydrogens (tertiary/aromatic N) is 2. The van der Waals surface area contributed by atoms with Crippen LogP contribution in [0.1, 0.15) is 26.3 Å².